The zero-order valence-corrected chi connectivity index (χ0v) is 8.64. The quantitative estimate of drug-likeness (QED) is 0.817. The van der Waals surface area contributed by atoms with Crippen molar-refractivity contribution in [1.82, 2.24) is 0 Å². The molecular weight excluding hydrogens is 196 g/mol. The molecular formula is C15H16O. The maximum absolute atomic E-state index is 10.4. The topological polar surface area (TPSA) is 20.2 Å². The van der Waals surface area contributed by atoms with Crippen LogP contribution < -0.4 is 0 Å². The highest BCUT2D eigenvalue weighted by atomic mass is 16.3. The molecule has 0 radical (unpaired) electrons. The van der Waals surface area contributed by atoms with Gasteiger partial charge in [-0.1, -0.05) is 54.6 Å². The van der Waals surface area contributed by atoms with Crippen molar-refractivity contribution in [3.63, 3.8) is 0 Å². The zero-order valence-electron chi connectivity index (χ0n) is 14.6. The minimum atomic E-state index is -3.06. The van der Waals surface area contributed by atoms with Gasteiger partial charge in [0.1, 0.15) is 0 Å². The van der Waals surface area contributed by atoms with Crippen LogP contribution in [0.3, 0.4) is 0 Å². The third kappa shape index (κ3) is 2.31. The van der Waals surface area contributed by atoms with E-state index in [1.165, 1.54) is 12.1 Å². The predicted octanol–water partition coefficient (Wildman–Crippen LogP) is 3.58. The number of rotatable bonds is 2. The van der Waals surface area contributed by atoms with Gasteiger partial charge in [0.15, 0.2) is 0 Å². The number of aliphatic hydroxyl groups is 1. The zero-order chi connectivity index (χ0) is 16.6. The van der Waals surface area contributed by atoms with Crippen LogP contribution >= 0.6 is 0 Å². The Labute approximate surface area is 105 Å². The van der Waals surface area contributed by atoms with E-state index >= 15 is 0 Å². The predicted molar refractivity (Wildman–Crippen MR) is 67.1 cm³/mol. The van der Waals surface area contributed by atoms with Gasteiger partial charge in [-0.3, -0.25) is 0 Å². The molecule has 1 heteroatoms. The first-order valence-corrected chi connectivity index (χ1v) is 4.96. The average Bonchev–Trinajstić information content (AvgIpc) is 2.45. The molecule has 0 fully saturated rings. The molecule has 1 N–H and O–H groups in total. The second-order valence-electron chi connectivity index (χ2n) is 3.65. The molecule has 0 aliphatic rings. The average molecular weight is 218 g/mol. The second-order valence-corrected chi connectivity index (χ2v) is 3.65. The van der Waals surface area contributed by atoms with Crippen molar-refractivity contribution in [2.75, 3.05) is 0 Å². The molecule has 0 amide bonds. The van der Waals surface area contributed by atoms with E-state index in [2.05, 4.69) is 0 Å². The largest absolute Gasteiger partial charge is 0.386 e. The molecule has 0 unspecified atom stereocenters. The van der Waals surface area contributed by atoms with Crippen LogP contribution in [0.15, 0.2) is 54.6 Å². The fourth-order valence-electron chi connectivity index (χ4n) is 1.53. The summed E-state index contributed by atoms with van der Waals surface area (Å²) in [6.07, 6.45) is 0. The number of hydrogen-bond donors (Lipinski definition) is 1. The highest BCUT2D eigenvalue weighted by Crippen LogP contribution is 2.24. The van der Waals surface area contributed by atoms with Crippen molar-refractivity contribution >= 4 is 0 Å². The Morgan fingerprint density at radius 2 is 1.44 bits per heavy atom. The van der Waals surface area contributed by atoms with Crippen molar-refractivity contribution < 1.29 is 13.3 Å². The SMILES string of the molecule is [2H]C([2H])([2H])C(O)(c1ccc(-c2ccccc2)cc1)C([2H])([2H])[2H]. The molecule has 2 rings (SSSR count). The van der Waals surface area contributed by atoms with Crippen LogP contribution in [0.1, 0.15) is 27.5 Å². The summed E-state index contributed by atoms with van der Waals surface area (Å²) in [5.41, 5.74) is -1.31. The molecule has 0 saturated carbocycles. The molecule has 0 aliphatic heterocycles. The molecule has 0 spiro atoms. The van der Waals surface area contributed by atoms with Gasteiger partial charge < -0.3 is 5.11 Å². The van der Waals surface area contributed by atoms with Gasteiger partial charge >= 0.3 is 0 Å². The van der Waals surface area contributed by atoms with Crippen LogP contribution in [0.25, 0.3) is 11.1 Å². The van der Waals surface area contributed by atoms with Gasteiger partial charge in [-0.2, -0.15) is 0 Å². The molecule has 1 nitrogen and oxygen atoms in total. The minimum Gasteiger partial charge on any atom is -0.386 e. The van der Waals surface area contributed by atoms with E-state index < -0.39 is 19.3 Å². The molecule has 0 bridgehead atoms. The normalized spacial score (nSPS) is 18.6. The molecule has 16 heavy (non-hydrogen) atoms. The molecule has 0 atom stereocenters. The smallest absolute Gasteiger partial charge is 0.0840 e. The molecule has 0 aromatic heterocycles. The molecule has 0 saturated heterocycles. The fourth-order valence-corrected chi connectivity index (χ4v) is 1.53. The van der Waals surface area contributed by atoms with Gasteiger partial charge in [-0.25, -0.2) is 0 Å². The summed E-state index contributed by atoms with van der Waals surface area (Å²) in [4.78, 5) is 0. The van der Waals surface area contributed by atoms with Gasteiger partial charge in [-0.15, -0.1) is 0 Å². The number of hydrogen-bond acceptors (Lipinski definition) is 1. The van der Waals surface area contributed by atoms with Gasteiger partial charge in [0, 0.05) is 8.22 Å². The van der Waals surface area contributed by atoms with E-state index in [0.717, 1.165) is 11.1 Å². The Bertz CT molecular complexity index is 614. The summed E-state index contributed by atoms with van der Waals surface area (Å²) in [6, 6.07) is 15.3. The third-order valence-corrected chi connectivity index (χ3v) is 2.41. The van der Waals surface area contributed by atoms with E-state index in [0.29, 0.717) is 0 Å². The lowest BCUT2D eigenvalue weighted by atomic mass is 9.96. The minimum absolute atomic E-state index is 0.146. The molecule has 0 heterocycles. The Morgan fingerprint density at radius 1 is 0.875 bits per heavy atom. The van der Waals surface area contributed by atoms with E-state index in [1.807, 2.05) is 30.3 Å². The van der Waals surface area contributed by atoms with Gasteiger partial charge in [0.2, 0.25) is 0 Å². The monoisotopic (exact) mass is 218 g/mol. The third-order valence-electron chi connectivity index (χ3n) is 2.41. The van der Waals surface area contributed by atoms with E-state index in [-0.39, 0.29) is 5.56 Å². The summed E-state index contributed by atoms with van der Waals surface area (Å²) < 4.78 is 44.5. The van der Waals surface area contributed by atoms with Crippen LogP contribution in [0.5, 0.6) is 0 Å². The summed E-state index contributed by atoms with van der Waals surface area (Å²) in [6.45, 7) is -6.13. The van der Waals surface area contributed by atoms with Gasteiger partial charge in [0.05, 0.1) is 5.60 Å². The Kier molecular flexibility index (Phi) is 1.45. The van der Waals surface area contributed by atoms with Crippen molar-refractivity contribution in [3.8, 4) is 11.1 Å². The lowest BCUT2D eigenvalue weighted by molar-refractivity contribution is 0.0786. The molecule has 82 valence electrons. The highest BCUT2D eigenvalue weighted by molar-refractivity contribution is 5.63. The standard InChI is InChI=1S/C15H16O/c1-15(2,16)14-10-8-13(9-11-14)12-6-4-3-5-7-12/h3-11,16H,1-2H3/i1D3,2D3. The summed E-state index contributed by atoms with van der Waals surface area (Å²) in [5.74, 6) is 0. The molecule has 2 aromatic rings. The summed E-state index contributed by atoms with van der Waals surface area (Å²) in [5, 5.41) is 10.4. The second kappa shape index (κ2) is 4.11. The number of benzene rings is 2. The van der Waals surface area contributed by atoms with Crippen LogP contribution in [0.4, 0.5) is 0 Å². The highest BCUT2D eigenvalue weighted by Gasteiger charge is 2.14. The van der Waals surface area contributed by atoms with Crippen molar-refractivity contribution in [1.29, 1.82) is 0 Å². The van der Waals surface area contributed by atoms with E-state index in [1.54, 1.807) is 12.1 Å². The first-order chi connectivity index (χ1) is 10.1. The summed E-state index contributed by atoms with van der Waals surface area (Å²) >= 11 is 0. The fraction of sp³-hybridized carbons (Fsp3) is 0.200. The van der Waals surface area contributed by atoms with Crippen LogP contribution in [-0.4, -0.2) is 5.11 Å². The van der Waals surface area contributed by atoms with E-state index in [4.69, 9.17) is 8.22 Å². The Hall–Kier alpha value is -1.60. The first kappa shape index (κ1) is 5.65. The maximum atomic E-state index is 10.4. The molecule has 0 aliphatic carbocycles. The van der Waals surface area contributed by atoms with Crippen molar-refractivity contribution in [3.05, 3.63) is 60.2 Å². The van der Waals surface area contributed by atoms with Crippen LogP contribution in [0.2, 0.25) is 0 Å². The first-order valence-electron chi connectivity index (χ1n) is 7.96. The lowest BCUT2D eigenvalue weighted by Gasteiger charge is -2.17. The van der Waals surface area contributed by atoms with Crippen molar-refractivity contribution in [2.45, 2.75) is 19.3 Å². The van der Waals surface area contributed by atoms with Gasteiger partial charge in [-0.05, 0) is 30.4 Å². The summed E-state index contributed by atoms with van der Waals surface area (Å²) in [7, 11) is 0. The van der Waals surface area contributed by atoms with Crippen LogP contribution in [0, 0.1) is 0 Å². The Balaban J connectivity index is 2.48. The van der Waals surface area contributed by atoms with Crippen LogP contribution in [-0.2, 0) is 5.60 Å². The lowest BCUT2D eigenvalue weighted by Crippen LogP contribution is -2.14. The maximum Gasteiger partial charge on any atom is 0.0840 e. The Morgan fingerprint density at radius 3 is 2.00 bits per heavy atom. The van der Waals surface area contributed by atoms with E-state index in [9.17, 15) is 5.11 Å². The van der Waals surface area contributed by atoms with Gasteiger partial charge in [0.25, 0.3) is 0 Å². The molecule has 2 aromatic carbocycles. The van der Waals surface area contributed by atoms with Crippen molar-refractivity contribution in [2.24, 2.45) is 0 Å².